The molecule has 17 heavy (non-hydrogen) atoms. The van der Waals surface area contributed by atoms with E-state index in [0.717, 1.165) is 5.95 Å². The van der Waals surface area contributed by atoms with Crippen molar-refractivity contribution in [1.82, 2.24) is 9.55 Å². The van der Waals surface area contributed by atoms with Crippen molar-refractivity contribution in [3.63, 3.8) is 0 Å². The number of anilines is 1. The van der Waals surface area contributed by atoms with Crippen LogP contribution < -0.4 is 5.32 Å². The smallest absolute Gasteiger partial charge is 0.203 e. The predicted octanol–water partition coefficient (Wildman–Crippen LogP) is 2.40. The number of nitrogens with zero attached hydrogens (tertiary/aromatic N) is 2. The zero-order valence-electron chi connectivity index (χ0n) is 10.6. The first-order valence-electron chi connectivity index (χ1n) is 6.17. The molecule has 1 aromatic rings. The van der Waals surface area contributed by atoms with Crippen molar-refractivity contribution in [2.75, 3.05) is 30.5 Å². The highest BCUT2D eigenvalue weighted by molar-refractivity contribution is 7.99. The number of hydrogen-bond acceptors (Lipinski definition) is 4. The van der Waals surface area contributed by atoms with E-state index in [-0.39, 0.29) is 6.04 Å². The van der Waals surface area contributed by atoms with E-state index >= 15 is 0 Å². The third-order valence-corrected chi connectivity index (χ3v) is 4.19. The molecule has 0 saturated carbocycles. The van der Waals surface area contributed by atoms with Gasteiger partial charge in [0.1, 0.15) is 0 Å². The summed E-state index contributed by atoms with van der Waals surface area (Å²) in [5, 5.41) is 3.41. The molecule has 0 radical (unpaired) electrons. The average Bonchev–Trinajstić information content (AvgIpc) is 2.78. The molecule has 0 amide bonds. The molecule has 1 aliphatic heterocycles. The molecular formula is C12H21N3OS. The first-order valence-corrected chi connectivity index (χ1v) is 7.32. The van der Waals surface area contributed by atoms with Crippen molar-refractivity contribution in [3.05, 3.63) is 12.4 Å². The van der Waals surface area contributed by atoms with Gasteiger partial charge in [-0.2, -0.15) is 11.8 Å². The Labute approximate surface area is 107 Å². The fraction of sp³-hybridized carbons (Fsp3) is 0.750. The van der Waals surface area contributed by atoms with E-state index in [1.807, 2.05) is 18.0 Å². The fourth-order valence-corrected chi connectivity index (χ4v) is 3.31. The normalized spacial score (nSPS) is 22.4. The molecule has 2 heterocycles. The number of aromatic nitrogens is 2. The van der Waals surface area contributed by atoms with Gasteiger partial charge in [-0.1, -0.05) is 0 Å². The molecule has 1 fully saturated rings. The van der Waals surface area contributed by atoms with E-state index in [1.165, 1.54) is 24.3 Å². The second kappa shape index (κ2) is 6.31. The minimum absolute atomic E-state index is 0.289. The zero-order valence-corrected chi connectivity index (χ0v) is 11.4. The Kier molecular flexibility index (Phi) is 4.74. The number of imidazole rings is 1. The number of hydrogen-bond donors (Lipinski definition) is 1. The molecule has 2 unspecified atom stereocenters. The molecule has 5 heteroatoms. The number of methoxy groups -OCH3 is 1. The van der Waals surface area contributed by atoms with Crippen molar-refractivity contribution in [3.8, 4) is 0 Å². The lowest BCUT2D eigenvalue weighted by atomic mass is 10.2. The second-order valence-electron chi connectivity index (χ2n) is 4.53. The van der Waals surface area contributed by atoms with Crippen LogP contribution in [0.3, 0.4) is 0 Å². The van der Waals surface area contributed by atoms with Crippen molar-refractivity contribution in [2.45, 2.75) is 31.8 Å². The fourth-order valence-electron chi connectivity index (χ4n) is 2.17. The largest absolute Gasteiger partial charge is 0.383 e. The van der Waals surface area contributed by atoms with Gasteiger partial charge >= 0.3 is 0 Å². The molecule has 0 spiro atoms. The molecule has 96 valence electrons. The molecule has 1 saturated heterocycles. The van der Waals surface area contributed by atoms with Gasteiger partial charge in [-0.05, 0) is 25.5 Å². The average molecular weight is 255 g/mol. The Balaban J connectivity index is 2.00. The van der Waals surface area contributed by atoms with Crippen LogP contribution in [0.25, 0.3) is 0 Å². The molecule has 4 nitrogen and oxygen atoms in total. The van der Waals surface area contributed by atoms with Gasteiger partial charge < -0.3 is 14.6 Å². The predicted molar refractivity (Wildman–Crippen MR) is 72.8 cm³/mol. The van der Waals surface area contributed by atoms with E-state index in [9.17, 15) is 0 Å². The number of ether oxygens (including phenoxy) is 1. The van der Waals surface area contributed by atoms with Gasteiger partial charge in [0.15, 0.2) is 0 Å². The lowest BCUT2D eigenvalue weighted by molar-refractivity contribution is 0.190. The summed E-state index contributed by atoms with van der Waals surface area (Å²) in [6.07, 6.45) is 6.52. The van der Waals surface area contributed by atoms with Crippen LogP contribution >= 0.6 is 11.8 Å². The Morgan fingerprint density at radius 3 is 3.29 bits per heavy atom. The van der Waals surface area contributed by atoms with Crippen LogP contribution in [-0.2, 0) is 4.74 Å². The van der Waals surface area contributed by atoms with Crippen LogP contribution in [0.1, 0.15) is 25.8 Å². The SMILES string of the molecule is COCC(C)Nc1nccn1C1CCCSC1. The lowest BCUT2D eigenvalue weighted by Gasteiger charge is -2.25. The standard InChI is InChI=1S/C12H21N3OS/c1-10(8-16-2)14-12-13-5-6-15(12)11-4-3-7-17-9-11/h5-6,10-11H,3-4,7-9H2,1-2H3,(H,13,14). The summed E-state index contributed by atoms with van der Waals surface area (Å²) in [4.78, 5) is 4.40. The van der Waals surface area contributed by atoms with Crippen LogP contribution in [0.2, 0.25) is 0 Å². The minimum Gasteiger partial charge on any atom is -0.383 e. The van der Waals surface area contributed by atoms with Crippen LogP contribution in [-0.4, -0.2) is 40.8 Å². The van der Waals surface area contributed by atoms with E-state index in [0.29, 0.717) is 12.6 Å². The number of rotatable bonds is 5. The van der Waals surface area contributed by atoms with Crippen LogP contribution in [0.15, 0.2) is 12.4 Å². The molecule has 2 atom stereocenters. The summed E-state index contributed by atoms with van der Waals surface area (Å²) in [7, 11) is 1.72. The van der Waals surface area contributed by atoms with Gasteiger partial charge in [0.25, 0.3) is 0 Å². The zero-order chi connectivity index (χ0) is 12.1. The Morgan fingerprint density at radius 1 is 1.71 bits per heavy atom. The maximum atomic E-state index is 5.13. The molecular weight excluding hydrogens is 234 g/mol. The summed E-state index contributed by atoms with van der Waals surface area (Å²) in [5.41, 5.74) is 0. The summed E-state index contributed by atoms with van der Waals surface area (Å²) in [6, 6.07) is 0.880. The van der Waals surface area contributed by atoms with Crippen molar-refractivity contribution < 1.29 is 4.74 Å². The molecule has 0 bridgehead atoms. The molecule has 0 aliphatic carbocycles. The summed E-state index contributed by atoms with van der Waals surface area (Å²) in [6.45, 7) is 2.81. The topological polar surface area (TPSA) is 39.1 Å². The molecule has 1 N–H and O–H groups in total. The van der Waals surface area contributed by atoms with Gasteiger partial charge in [0.2, 0.25) is 5.95 Å². The van der Waals surface area contributed by atoms with E-state index in [1.54, 1.807) is 7.11 Å². The molecule has 2 rings (SSSR count). The third-order valence-electron chi connectivity index (χ3n) is 2.99. The monoisotopic (exact) mass is 255 g/mol. The summed E-state index contributed by atoms with van der Waals surface area (Å²) >= 11 is 2.04. The Bertz CT molecular complexity index is 336. The quantitative estimate of drug-likeness (QED) is 0.877. The number of nitrogens with one attached hydrogen (secondary N) is 1. The van der Waals surface area contributed by atoms with Gasteiger partial charge in [-0.3, -0.25) is 0 Å². The maximum absolute atomic E-state index is 5.13. The van der Waals surface area contributed by atoms with Crippen LogP contribution in [0, 0.1) is 0 Å². The first kappa shape index (κ1) is 12.8. The minimum atomic E-state index is 0.289. The number of thioether (sulfide) groups is 1. The highest BCUT2D eigenvalue weighted by Gasteiger charge is 2.18. The summed E-state index contributed by atoms with van der Waals surface area (Å²) in [5.74, 6) is 3.47. The van der Waals surface area contributed by atoms with Gasteiger partial charge in [-0.25, -0.2) is 4.98 Å². The highest BCUT2D eigenvalue weighted by Crippen LogP contribution is 2.28. The van der Waals surface area contributed by atoms with Gasteiger partial charge in [-0.15, -0.1) is 0 Å². The Hall–Kier alpha value is -0.680. The summed E-state index contributed by atoms with van der Waals surface area (Å²) < 4.78 is 7.41. The maximum Gasteiger partial charge on any atom is 0.203 e. The third kappa shape index (κ3) is 3.39. The van der Waals surface area contributed by atoms with Gasteiger partial charge in [0.05, 0.1) is 6.61 Å². The van der Waals surface area contributed by atoms with E-state index in [4.69, 9.17) is 4.74 Å². The molecule has 1 aromatic heterocycles. The van der Waals surface area contributed by atoms with E-state index < -0.39 is 0 Å². The molecule has 1 aliphatic rings. The van der Waals surface area contributed by atoms with Crippen molar-refractivity contribution >= 4 is 17.7 Å². The first-order chi connectivity index (χ1) is 8.31. The molecule has 0 aromatic carbocycles. The second-order valence-corrected chi connectivity index (χ2v) is 5.68. The van der Waals surface area contributed by atoms with E-state index in [2.05, 4.69) is 28.0 Å². The highest BCUT2D eigenvalue weighted by atomic mass is 32.2. The van der Waals surface area contributed by atoms with Crippen molar-refractivity contribution in [2.24, 2.45) is 0 Å². The van der Waals surface area contributed by atoms with Crippen LogP contribution in [0.5, 0.6) is 0 Å². The Morgan fingerprint density at radius 2 is 2.59 bits per heavy atom. The lowest BCUT2D eigenvalue weighted by Crippen LogP contribution is -2.25. The van der Waals surface area contributed by atoms with Crippen molar-refractivity contribution in [1.29, 1.82) is 0 Å². The van der Waals surface area contributed by atoms with Crippen LogP contribution in [0.4, 0.5) is 5.95 Å². The van der Waals surface area contributed by atoms with Gasteiger partial charge in [0, 0.05) is 37.3 Å².